The highest BCUT2D eigenvalue weighted by Gasteiger charge is 2.16. The molecule has 2 rings (SSSR count). The first kappa shape index (κ1) is 19.4. The fourth-order valence-corrected chi connectivity index (χ4v) is 2.69. The Kier molecular flexibility index (Phi) is 6.29. The van der Waals surface area contributed by atoms with E-state index >= 15 is 0 Å². The van der Waals surface area contributed by atoms with Crippen LogP contribution in [0.3, 0.4) is 0 Å². The summed E-state index contributed by atoms with van der Waals surface area (Å²) in [4.78, 5) is 22.2. The number of halogens is 1. The maximum absolute atomic E-state index is 11.8. The van der Waals surface area contributed by atoms with Crippen LogP contribution in [0.5, 0.6) is 11.5 Å². The second kappa shape index (κ2) is 8.43. The Labute approximate surface area is 157 Å². The van der Waals surface area contributed by atoms with E-state index in [1.807, 2.05) is 0 Å². The van der Waals surface area contributed by atoms with Gasteiger partial charge in [-0.15, -0.1) is 0 Å². The van der Waals surface area contributed by atoms with Crippen LogP contribution in [-0.4, -0.2) is 28.8 Å². The number of carbonyl (C=O) groups excluding carboxylic acids is 1. The third-order valence-corrected chi connectivity index (χ3v) is 3.82. The Morgan fingerprint density at radius 1 is 1.38 bits per heavy atom. The van der Waals surface area contributed by atoms with Crippen molar-refractivity contribution in [1.29, 1.82) is 0 Å². The van der Waals surface area contributed by atoms with E-state index in [4.69, 9.17) is 4.74 Å². The van der Waals surface area contributed by atoms with E-state index in [1.54, 1.807) is 32.0 Å². The molecule has 0 saturated carbocycles. The predicted octanol–water partition coefficient (Wildman–Crippen LogP) is 3.21. The third-order valence-electron chi connectivity index (χ3n) is 3.36. The molecule has 8 nitrogen and oxygen atoms in total. The highest BCUT2D eigenvalue weighted by Crippen LogP contribution is 2.27. The van der Waals surface area contributed by atoms with Gasteiger partial charge in [0, 0.05) is 16.1 Å². The van der Waals surface area contributed by atoms with Gasteiger partial charge in [0.25, 0.3) is 5.91 Å². The summed E-state index contributed by atoms with van der Waals surface area (Å²) < 4.78 is 5.96. The van der Waals surface area contributed by atoms with Crippen LogP contribution >= 0.6 is 15.9 Å². The number of aromatic hydroxyl groups is 1. The van der Waals surface area contributed by atoms with Crippen molar-refractivity contribution in [3.05, 3.63) is 61.6 Å². The van der Waals surface area contributed by atoms with Gasteiger partial charge in [-0.1, -0.05) is 22.0 Å². The SMILES string of the molecule is Cc1ccc(OCC(=O)NN=Cc2cc(Br)cc(C)c2O)c([N+](=O)[O-])c1. The van der Waals surface area contributed by atoms with Crippen molar-refractivity contribution in [1.82, 2.24) is 5.43 Å². The Hall–Kier alpha value is -2.94. The normalized spacial score (nSPS) is 10.7. The second-order valence-electron chi connectivity index (χ2n) is 5.47. The molecule has 0 radical (unpaired) electrons. The maximum Gasteiger partial charge on any atom is 0.311 e. The molecule has 0 spiro atoms. The molecule has 1 amide bonds. The zero-order valence-electron chi connectivity index (χ0n) is 14.0. The lowest BCUT2D eigenvalue weighted by atomic mass is 10.1. The summed E-state index contributed by atoms with van der Waals surface area (Å²) in [5.74, 6) is -0.542. The summed E-state index contributed by atoms with van der Waals surface area (Å²) in [6.07, 6.45) is 1.29. The lowest BCUT2D eigenvalue weighted by Crippen LogP contribution is -2.24. The molecule has 0 atom stereocenters. The average molecular weight is 422 g/mol. The number of nitrogens with zero attached hydrogens (tertiary/aromatic N) is 2. The van der Waals surface area contributed by atoms with Crippen LogP contribution < -0.4 is 10.2 Å². The number of nitro benzene ring substituents is 1. The molecule has 2 aromatic carbocycles. The molecular weight excluding hydrogens is 406 g/mol. The molecule has 0 aliphatic rings. The van der Waals surface area contributed by atoms with E-state index in [1.165, 1.54) is 18.3 Å². The van der Waals surface area contributed by atoms with Gasteiger partial charge in [0.05, 0.1) is 11.1 Å². The highest BCUT2D eigenvalue weighted by molar-refractivity contribution is 9.10. The standard InChI is InChI=1S/C17H16BrN3O5/c1-10-3-4-15(14(5-10)21(24)25)26-9-16(22)20-19-8-12-7-13(18)6-11(2)17(12)23/h3-8,23H,9H2,1-2H3,(H,20,22). The van der Waals surface area contributed by atoms with Gasteiger partial charge in [-0.3, -0.25) is 14.9 Å². The largest absolute Gasteiger partial charge is 0.507 e. The van der Waals surface area contributed by atoms with Crippen LogP contribution in [0.15, 0.2) is 39.9 Å². The minimum Gasteiger partial charge on any atom is -0.507 e. The predicted molar refractivity (Wildman–Crippen MR) is 99.6 cm³/mol. The summed E-state index contributed by atoms with van der Waals surface area (Å²) in [7, 11) is 0. The number of nitro groups is 1. The average Bonchev–Trinajstić information content (AvgIpc) is 2.57. The van der Waals surface area contributed by atoms with E-state index in [0.29, 0.717) is 16.7 Å². The number of aryl methyl sites for hydroxylation is 2. The zero-order chi connectivity index (χ0) is 19.3. The van der Waals surface area contributed by atoms with Crippen molar-refractivity contribution < 1.29 is 19.6 Å². The Balaban J connectivity index is 1.97. The van der Waals surface area contributed by atoms with Gasteiger partial charge >= 0.3 is 5.69 Å². The first-order valence-electron chi connectivity index (χ1n) is 7.47. The number of rotatable bonds is 6. The first-order valence-corrected chi connectivity index (χ1v) is 8.26. The topological polar surface area (TPSA) is 114 Å². The Morgan fingerprint density at radius 2 is 2.12 bits per heavy atom. The number of amides is 1. The summed E-state index contributed by atoms with van der Waals surface area (Å²) in [5.41, 5.74) is 3.81. The molecule has 136 valence electrons. The molecule has 0 fully saturated rings. The van der Waals surface area contributed by atoms with E-state index in [2.05, 4.69) is 26.5 Å². The van der Waals surface area contributed by atoms with Gasteiger partial charge in [0.1, 0.15) is 5.75 Å². The third kappa shape index (κ3) is 5.03. The molecule has 0 bridgehead atoms. The molecule has 0 aliphatic heterocycles. The lowest BCUT2D eigenvalue weighted by molar-refractivity contribution is -0.385. The van der Waals surface area contributed by atoms with Crippen molar-refractivity contribution in [2.45, 2.75) is 13.8 Å². The molecular formula is C17H16BrN3O5. The van der Waals surface area contributed by atoms with Gasteiger partial charge in [0.2, 0.25) is 0 Å². The zero-order valence-corrected chi connectivity index (χ0v) is 15.6. The molecule has 0 aromatic heterocycles. The van der Waals surface area contributed by atoms with E-state index in [9.17, 15) is 20.0 Å². The lowest BCUT2D eigenvalue weighted by Gasteiger charge is -2.06. The number of hydrazone groups is 1. The molecule has 0 aliphatic carbocycles. The Bertz CT molecular complexity index is 883. The molecule has 2 aromatic rings. The van der Waals surface area contributed by atoms with Crippen LogP contribution in [0.1, 0.15) is 16.7 Å². The van der Waals surface area contributed by atoms with Crippen LogP contribution in [0.4, 0.5) is 5.69 Å². The number of nitrogens with one attached hydrogen (secondary N) is 1. The van der Waals surface area contributed by atoms with Gasteiger partial charge in [-0.2, -0.15) is 5.10 Å². The number of benzene rings is 2. The number of hydrogen-bond acceptors (Lipinski definition) is 6. The number of phenolic OH excluding ortho intramolecular Hbond substituents is 1. The monoisotopic (exact) mass is 421 g/mol. The van der Waals surface area contributed by atoms with Crippen LogP contribution in [0, 0.1) is 24.0 Å². The van der Waals surface area contributed by atoms with E-state index in [-0.39, 0.29) is 17.2 Å². The van der Waals surface area contributed by atoms with Crippen LogP contribution in [-0.2, 0) is 4.79 Å². The summed E-state index contributed by atoms with van der Waals surface area (Å²) in [6.45, 7) is 3.01. The molecule has 9 heteroatoms. The van der Waals surface area contributed by atoms with E-state index < -0.39 is 17.4 Å². The van der Waals surface area contributed by atoms with Crippen molar-refractivity contribution in [3.63, 3.8) is 0 Å². The Morgan fingerprint density at radius 3 is 2.81 bits per heavy atom. The number of ether oxygens (including phenoxy) is 1. The number of phenols is 1. The number of carbonyl (C=O) groups is 1. The second-order valence-corrected chi connectivity index (χ2v) is 6.39. The molecule has 0 unspecified atom stereocenters. The summed E-state index contributed by atoms with van der Waals surface area (Å²) in [5, 5.41) is 24.7. The van der Waals surface area contributed by atoms with Gasteiger partial charge < -0.3 is 9.84 Å². The molecule has 26 heavy (non-hydrogen) atoms. The van der Waals surface area contributed by atoms with Crippen molar-refractivity contribution in [2.75, 3.05) is 6.61 Å². The van der Waals surface area contributed by atoms with Gasteiger partial charge in [-0.25, -0.2) is 5.43 Å². The summed E-state index contributed by atoms with van der Waals surface area (Å²) >= 11 is 3.31. The van der Waals surface area contributed by atoms with Crippen molar-refractivity contribution >= 4 is 33.7 Å². The minimum atomic E-state index is -0.595. The minimum absolute atomic E-state index is 0.0000104. The first-order chi connectivity index (χ1) is 12.3. The van der Waals surface area contributed by atoms with Crippen molar-refractivity contribution in [3.8, 4) is 11.5 Å². The maximum atomic E-state index is 11.8. The summed E-state index contributed by atoms with van der Waals surface area (Å²) in [6, 6.07) is 7.84. The molecule has 0 saturated heterocycles. The van der Waals surface area contributed by atoms with Crippen molar-refractivity contribution in [2.24, 2.45) is 5.10 Å². The number of hydrogen-bond donors (Lipinski definition) is 2. The quantitative estimate of drug-likeness (QED) is 0.422. The molecule has 0 heterocycles. The van der Waals surface area contributed by atoms with Gasteiger partial charge in [-0.05, 0) is 43.2 Å². The smallest absolute Gasteiger partial charge is 0.311 e. The fourth-order valence-electron chi connectivity index (χ4n) is 2.10. The van der Waals surface area contributed by atoms with Gasteiger partial charge in [0.15, 0.2) is 12.4 Å². The van der Waals surface area contributed by atoms with Crippen LogP contribution in [0.2, 0.25) is 0 Å². The fraction of sp³-hybridized carbons (Fsp3) is 0.176. The molecule has 2 N–H and O–H groups in total. The van der Waals surface area contributed by atoms with Crippen LogP contribution in [0.25, 0.3) is 0 Å². The van der Waals surface area contributed by atoms with E-state index in [0.717, 1.165) is 4.47 Å². The highest BCUT2D eigenvalue weighted by atomic mass is 79.9.